The van der Waals surface area contributed by atoms with E-state index in [0.717, 1.165) is 11.4 Å². The molecule has 0 bridgehead atoms. The monoisotopic (exact) mass is 215 g/mol. The fraction of sp³-hybridized carbons (Fsp3) is 0.333. The van der Waals surface area contributed by atoms with Gasteiger partial charge in [-0.25, -0.2) is 0 Å². The van der Waals surface area contributed by atoms with Crippen LogP contribution in [0.3, 0.4) is 0 Å². The van der Waals surface area contributed by atoms with Crippen LogP contribution in [0.2, 0.25) is 0 Å². The van der Waals surface area contributed by atoms with Crippen molar-refractivity contribution in [2.75, 3.05) is 10.6 Å². The first-order valence-corrected chi connectivity index (χ1v) is 5.32. The molecule has 1 aliphatic rings. The molecule has 2 N–H and O–H groups in total. The van der Waals surface area contributed by atoms with Gasteiger partial charge in [-0.2, -0.15) is 5.26 Å². The third-order valence-electron chi connectivity index (χ3n) is 2.38. The van der Waals surface area contributed by atoms with Gasteiger partial charge in [-0.05, 0) is 25.0 Å². The van der Waals surface area contributed by atoms with Gasteiger partial charge < -0.3 is 10.6 Å². The third kappa shape index (κ3) is 2.74. The summed E-state index contributed by atoms with van der Waals surface area (Å²) in [5.41, 5.74) is 1.67. The minimum atomic E-state index is -0.271. The van der Waals surface area contributed by atoms with Crippen LogP contribution in [0.1, 0.15) is 19.3 Å². The highest BCUT2D eigenvalue weighted by Gasteiger charge is 2.21. The number of benzene rings is 1. The first-order chi connectivity index (χ1) is 7.79. The van der Waals surface area contributed by atoms with Crippen molar-refractivity contribution in [3.8, 4) is 6.07 Å². The van der Waals surface area contributed by atoms with Crippen LogP contribution in [0.5, 0.6) is 0 Å². The quantitative estimate of drug-likeness (QED) is 0.808. The van der Waals surface area contributed by atoms with Crippen LogP contribution < -0.4 is 10.6 Å². The zero-order valence-electron chi connectivity index (χ0n) is 8.86. The number of hydrogen-bond donors (Lipinski definition) is 2. The van der Waals surface area contributed by atoms with Crippen molar-refractivity contribution in [3.05, 3.63) is 24.3 Å². The summed E-state index contributed by atoms with van der Waals surface area (Å²) in [6, 6.07) is 9.91. The predicted molar refractivity (Wildman–Crippen MR) is 61.9 cm³/mol. The highest BCUT2D eigenvalue weighted by atomic mass is 16.1. The number of carbonyl (C=O) groups is 1. The van der Waals surface area contributed by atoms with Crippen LogP contribution in [-0.2, 0) is 4.79 Å². The summed E-state index contributed by atoms with van der Waals surface area (Å²) in [6.07, 6.45) is 2.25. The second kappa shape index (κ2) is 4.67. The van der Waals surface area contributed by atoms with Gasteiger partial charge in [0.2, 0.25) is 5.91 Å². The molecule has 0 saturated heterocycles. The predicted octanol–water partition coefficient (Wildman–Crippen LogP) is 2.11. The van der Waals surface area contributed by atoms with Gasteiger partial charge in [0.25, 0.3) is 0 Å². The molecule has 4 heteroatoms. The molecule has 0 spiro atoms. The van der Waals surface area contributed by atoms with E-state index in [-0.39, 0.29) is 12.3 Å². The van der Waals surface area contributed by atoms with Crippen molar-refractivity contribution < 1.29 is 4.79 Å². The van der Waals surface area contributed by atoms with E-state index >= 15 is 0 Å². The van der Waals surface area contributed by atoms with Gasteiger partial charge in [0.15, 0.2) is 0 Å². The number of rotatable bonds is 4. The van der Waals surface area contributed by atoms with Gasteiger partial charge in [0.05, 0.1) is 17.4 Å². The van der Waals surface area contributed by atoms with Crippen LogP contribution in [-0.4, -0.2) is 11.9 Å². The number of amides is 1. The third-order valence-corrected chi connectivity index (χ3v) is 2.38. The van der Waals surface area contributed by atoms with Gasteiger partial charge in [-0.15, -0.1) is 0 Å². The summed E-state index contributed by atoms with van der Waals surface area (Å²) in [7, 11) is 0. The number of nitriles is 1. The Morgan fingerprint density at radius 1 is 1.38 bits per heavy atom. The molecule has 0 aliphatic heterocycles. The van der Waals surface area contributed by atoms with Crippen LogP contribution in [0, 0.1) is 11.3 Å². The molecule has 0 heterocycles. The molecule has 0 unspecified atom stereocenters. The lowest BCUT2D eigenvalue weighted by Crippen LogP contribution is -2.12. The number of carbonyl (C=O) groups excluding carboxylic acids is 1. The lowest BCUT2D eigenvalue weighted by molar-refractivity contribution is -0.115. The smallest absolute Gasteiger partial charge is 0.238 e. The normalized spacial score (nSPS) is 13.9. The Morgan fingerprint density at radius 2 is 2.06 bits per heavy atom. The van der Waals surface area contributed by atoms with E-state index in [2.05, 4.69) is 10.6 Å². The van der Waals surface area contributed by atoms with E-state index in [1.54, 1.807) is 0 Å². The van der Waals surface area contributed by atoms with E-state index in [4.69, 9.17) is 5.26 Å². The Morgan fingerprint density at radius 3 is 2.69 bits per heavy atom. The van der Waals surface area contributed by atoms with E-state index in [0.29, 0.717) is 6.04 Å². The van der Waals surface area contributed by atoms with E-state index in [1.165, 1.54) is 12.8 Å². The molecule has 1 fully saturated rings. The highest BCUT2D eigenvalue weighted by Crippen LogP contribution is 2.29. The van der Waals surface area contributed by atoms with Crippen LogP contribution in [0.4, 0.5) is 11.4 Å². The van der Waals surface area contributed by atoms with Crippen LogP contribution >= 0.6 is 0 Å². The molecule has 82 valence electrons. The SMILES string of the molecule is N#CCC(=O)Nc1ccccc1NC1CC1. The number of para-hydroxylation sites is 2. The van der Waals surface area contributed by atoms with Crippen molar-refractivity contribution in [3.63, 3.8) is 0 Å². The molecule has 1 amide bonds. The summed E-state index contributed by atoms with van der Waals surface area (Å²) in [5, 5.41) is 14.5. The Hall–Kier alpha value is -2.02. The molecule has 1 saturated carbocycles. The summed E-state index contributed by atoms with van der Waals surface area (Å²) in [6.45, 7) is 0. The van der Waals surface area contributed by atoms with E-state index in [9.17, 15) is 4.79 Å². The summed E-state index contributed by atoms with van der Waals surface area (Å²) >= 11 is 0. The Bertz CT molecular complexity index is 432. The maximum Gasteiger partial charge on any atom is 0.238 e. The van der Waals surface area contributed by atoms with Gasteiger partial charge in [-0.3, -0.25) is 4.79 Å². The number of nitrogens with zero attached hydrogens (tertiary/aromatic N) is 1. The fourth-order valence-corrected chi connectivity index (χ4v) is 1.43. The molecular formula is C12H13N3O. The number of nitrogens with one attached hydrogen (secondary N) is 2. The maximum atomic E-state index is 11.3. The molecule has 2 rings (SSSR count). The molecule has 0 radical (unpaired) electrons. The van der Waals surface area contributed by atoms with Crippen molar-refractivity contribution >= 4 is 17.3 Å². The van der Waals surface area contributed by atoms with Gasteiger partial charge >= 0.3 is 0 Å². The molecule has 1 aromatic carbocycles. The Balaban J connectivity index is 2.06. The van der Waals surface area contributed by atoms with Crippen molar-refractivity contribution in [2.24, 2.45) is 0 Å². The molecular weight excluding hydrogens is 202 g/mol. The Kier molecular flexibility index (Phi) is 3.06. The van der Waals surface area contributed by atoms with E-state index in [1.807, 2.05) is 30.3 Å². The Labute approximate surface area is 94.3 Å². The largest absolute Gasteiger partial charge is 0.381 e. The minimum absolute atomic E-state index is 0.113. The van der Waals surface area contributed by atoms with Crippen molar-refractivity contribution in [1.82, 2.24) is 0 Å². The van der Waals surface area contributed by atoms with Crippen LogP contribution in [0.25, 0.3) is 0 Å². The topological polar surface area (TPSA) is 64.9 Å². The molecule has 0 aromatic heterocycles. The van der Waals surface area contributed by atoms with Gasteiger partial charge in [0.1, 0.15) is 6.42 Å². The summed E-state index contributed by atoms with van der Waals surface area (Å²) in [5.74, 6) is -0.271. The summed E-state index contributed by atoms with van der Waals surface area (Å²) in [4.78, 5) is 11.3. The van der Waals surface area contributed by atoms with Crippen molar-refractivity contribution in [1.29, 1.82) is 5.26 Å². The maximum absolute atomic E-state index is 11.3. The lowest BCUT2D eigenvalue weighted by Gasteiger charge is -2.11. The van der Waals surface area contributed by atoms with E-state index < -0.39 is 0 Å². The molecule has 16 heavy (non-hydrogen) atoms. The zero-order chi connectivity index (χ0) is 11.4. The highest BCUT2D eigenvalue weighted by molar-refractivity contribution is 5.95. The molecule has 1 aliphatic carbocycles. The minimum Gasteiger partial charge on any atom is -0.381 e. The molecule has 0 atom stereocenters. The number of hydrogen-bond acceptors (Lipinski definition) is 3. The molecule has 4 nitrogen and oxygen atoms in total. The first kappa shape index (κ1) is 10.5. The number of anilines is 2. The average molecular weight is 215 g/mol. The summed E-state index contributed by atoms with van der Waals surface area (Å²) < 4.78 is 0. The lowest BCUT2D eigenvalue weighted by atomic mass is 10.2. The van der Waals surface area contributed by atoms with Gasteiger partial charge in [0, 0.05) is 6.04 Å². The van der Waals surface area contributed by atoms with Gasteiger partial charge in [-0.1, -0.05) is 12.1 Å². The zero-order valence-corrected chi connectivity index (χ0v) is 8.86. The first-order valence-electron chi connectivity index (χ1n) is 5.32. The second-order valence-electron chi connectivity index (χ2n) is 3.85. The molecule has 1 aromatic rings. The van der Waals surface area contributed by atoms with Crippen LogP contribution in [0.15, 0.2) is 24.3 Å². The average Bonchev–Trinajstić information content (AvgIpc) is 3.05. The standard InChI is InChI=1S/C12H13N3O/c13-8-7-12(16)15-11-4-2-1-3-10(11)14-9-5-6-9/h1-4,9,14H,5-7H2,(H,15,16). The van der Waals surface area contributed by atoms with Crippen molar-refractivity contribution in [2.45, 2.75) is 25.3 Å². The second-order valence-corrected chi connectivity index (χ2v) is 3.85. The fourth-order valence-electron chi connectivity index (χ4n) is 1.43.